The molecule has 0 atom stereocenters. The summed E-state index contributed by atoms with van der Waals surface area (Å²) < 4.78 is 5.55. The quantitative estimate of drug-likeness (QED) is 0.696. The number of nitrogens with zero attached hydrogens (tertiary/aromatic N) is 1. The first-order chi connectivity index (χ1) is 14.4. The lowest BCUT2D eigenvalue weighted by Crippen LogP contribution is -2.64. The number of benzene rings is 1. The number of carbonyl (C=O) groups is 2. The van der Waals surface area contributed by atoms with Crippen molar-refractivity contribution in [3.63, 3.8) is 0 Å². The fraction of sp³-hybridized carbons (Fsp3) is 0.409. The Labute approximate surface area is 185 Å². The van der Waals surface area contributed by atoms with Crippen molar-refractivity contribution in [1.82, 2.24) is 15.6 Å². The molecule has 3 fully saturated rings. The van der Waals surface area contributed by atoms with E-state index in [0.717, 1.165) is 38.5 Å². The second-order valence-electron chi connectivity index (χ2n) is 8.14. The molecule has 0 unspecified atom stereocenters. The Kier molecular flexibility index (Phi) is 5.89. The van der Waals surface area contributed by atoms with Crippen LogP contribution in [0.25, 0.3) is 0 Å². The van der Waals surface area contributed by atoms with Gasteiger partial charge < -0.3 is 15.4 Å². The first-order valence-corrected chi connectivity index (χ1v) is 10.8. The van der Waals surface area contributed by atoms with Gasteiger partial charge in [0.05, 0.1) is 10.0 Å². The minimum atomic E-state index is -0.227. The molecule has 3 saturated carbocycles. The second kappa shape index (κ2) is 8.44. The smallest absolute Gasteiger partial charge is 0.270 e. The maximum Gasteiger partial charge on any atom is 0.270 e. The first kappa shape index (κ1) is 20.9. The highest BCUT2D eigenvalue weighted by atomic mass is 35.5. The van der Waals surface area contributed by atoms with Crippen LogP contribution in [0.4, 0.5) is 0 Å². The van der Waals surface area contributed by atoms with E-state index in [1.54, 1.807) is 36.5 Å². The summed E-state index contributed by atoms with van der Waals surface area (Å²) in [7, 11) is 0. The van der Waals surface area contributed by atoms with Crippen molar-refractivity contribution in [1.29, 1.82) is 0 Å². The standard InChI is InChI=1S/C22H23Cl2N3O3/c23-16-5-4-15(13-17(16)24)30-14-19(28)26-21-6-9-22(10-7-21,11-8-21)27-20(29)18-3-1-2-12-25-18/h1-5,12-13H,6-11,14H2,(H,26,28)(H,27,29). The van der Waals surface area contributed by atoms with Crippen LogP contribution in [0.15, 0.2) is 42.6 Å². The molecule has 0 saturated heterocycles. The van der Waals surface area contributed by atoms with Crippen molar-refractivity contribution >= 4 is 35.0 Å². The van der Waals surface area contributed by atoms with Crippen molar-refractivity contribution < 1.29 is 14.3 Å². The van der Waals surface area contributed by atoms with Crippen molar-refractivity contribution in [2.75, 3.05) is 6.61 Å². The van der Waals surface area contributed by atoms with Gasteiger partial charge in [0.25, 0.3) is 11.8 Å². The number of hydrogen-bond acceptors (Lipinski definition) is 4. The summed E-state index contributed by atoms with van der Waals surface area (Å²) in [6.07, 6.45) is 6.60. The van der Waals surface area contributed by atoms with Gasteiger partial charge in [0.2, 0.25) is 0 Å². The second-order valence-corrected chi connectivity index (χ2v) is 8.96. The van der Waals surface area contributed by atoms with E-state index in [0.29, 0.717) is 21.5 Å². The maximum atomic E-state index is 12.5. The van der Waals surface area contributed by atoms with Crippen LogP contribution in [0.3, 0.4) is 0 Å². The molecule has 158 valence electrons. The number of pyridine rings is 1. The highest BCUT2D eigenvalue weighted by molar-refractivity contribution is 6.42. The Balaban J connectivity index is 1.30. The van der Waals surface area contributed by atoms with Crippen molar-refractivity contribution in [3.05, 3.63) is 58.3 Å². The molecule has 2 N–H and O–H groups in total. The predicted octanol–water partition coefficient (Wildman–Crippen LogP) is 4.16. The largest absolute Gasteiger partial charge is 0.484 e. The van der Waals surface area contributed by atoms with Gasteiger partial charge in [0, 0.05) is 23.3 Å². The van der Waals surface area contributed by atoms with Gasteiger partial charge in [-0.1, -0.05) is 29.3 Å². The van der Waals surface area contributed by atoms with Gasteiger partial charge in [-0.25, -0.2) is 0 Å². The van der Waals surface area contributed by atoms with Gasteiger partial charge in [0.1, 0.15) is 11.4 Å². The Morgan fingerprint density at radius 2 is 1.60 bits per heavy atom. The number of amides is 2. The van der Waals surface area contributed by atoms with E-state index in [4.69, 9.17) is 27.9 Å². The molecule has 0 radical (unpaired) electrons. The van der Waals surface area contributed by atoms with Gasteiger partial charge in [-0.15, -0.1) is 0 Å². The lowest BCUT2D eigenvalue weighted by molar-refractivity contribution is -0.126. The molecule has 2 aromatic rings. The number of hydrogen-bond donors (Lipinski definition) is 2. The number of fused-ring (bicyclic) bond motifs is 3. The average molecular weight is 448 g/mol. The molecule has 0 aliphatic heterocycles. The van der Waals surface area contributed by atoms with Crippen LogP contribution in [0, 0.1) is 0 Å². The van der Waals surface area contributed by atoms with E-state index in [9.17, 15) is 9.59 Å². The van der Waals surface area contributed by atoms with E-state index in [1.807, 2.05) is 6.07 Å². The molecule has 1 aromatic carbocycles. The zero-order valence-corrected chi connectivity index (χ0v) is 17.9. The van der Waals surface area contributed by atoms with Crippen LogP contribution in [-0.4, -0.2) is 34.5 Å². The summed E-state index contributed by atoms with van der Waals surface area (Å²) in [5.41, 5.74) is -0.00486. The van der Waals surface area contributed by atoms with Crippen LogP contribution in [0.1, 0.15) is 49.0 Å². The molecule has 8 heteroatoms. The van der Waals surface area contributed by atoms with Gasteiger partial charge in [-0.2, -0.15) is 0 Å². The summed E-state index contributed by atoms with van der Waals surface area (Å²) in [4.78, 5) is 29.2. The van der Waals surface area contributed by atoms with Crippen molar-refractivity contribution in [2.45, 2.75) is 49.6 Å². The lowest BCUT2D eigenvalue weighted by atomic mass is 9.61. The fourth-order valence-corrected chi connectivity index (χ4v) is 4.70. The highest BCUT2D eigenvalue weighted by Gasteiger charge is 2.50. The first-order valence-electron chi connectivity index (χ1n) is 10.0. The van der Waals surface area contributed by atoms with Crippen molar-refractivity contribution in [2.24, 2.45) is 0 Å². The zero-order chi connectivity index (χ0) is 21.2. The Bertz CT molecular complexity index is 927. The summed E-state index contributed by atoms with van der Waals surface area (Å²) in [5.74, 6) is 0.206. The molecule has 30 heavy (non-hydrogen) atoms. The third kappa shape index (κ3) is 4.55. The topological polar surface area (TPSA) is 80.3 Å². The van der Waals surface area contributed by atoms with Crippen LogP contribution in [0.2, 0.25) is 10.0 Å². The number of aromatic nitrogens is 1. The predicted molar refractivity (Wildman–Crippen MR) is 115 cm³/mol. The highest BCUT2D eigenvalue weighted by Crippen LogP contribution is 2.47. The van der Waals surface area contributed by atoms with E-state index in [-0.39, 0.29) is 29.5 Å². The molecule has 2 amide bonds. The summed E-state index contributed by atoms with van der Waals surface area (Å²) in [6.45, 7) is -0.0821. The third-order valence-electron chi connectivity index (χ3n) is 6.19. The Hall–Kier alpha value is -2.31. The normalized spacial score (nSPS) is 24.9. The minimum Gasteiger partial charge on any atom is -0.484 e. The number of nitrogens with one attached hydrogen (secondary N) is 2. The third-order valence-corrected chi connectivity index (χ3v) is 6.93. The Morgan fingerprint density at radius 3 is 2.20 bits per heavy atom. The van der Waals surface area contributed by atoms with Crippen molar-refractivity contribution in [3.8, 4) is 5.75 Å². The van der Waals surface area contributed by atoms with Crippen LogP contribution in [0.5, 0.6) is 5.75 Å². The molecule has 5 rings (SSSR count). The van der Waals surface area contributed by atoms with Gasteiger partial charge >= 0.3 is 0 Å². The number of ether oxygens (including phenoxy) is 1. The van der Waals surface area contributed by atoms with Crippen LogP contribution >= 0.6 is 23.2 Å². The van der Waals surface area contributed by atoms with E-state index < -0.39 is 0 Å². The van der Waals surface area contributed by atoms with E-state index in [2.05, 4.69) is 15.6 Å². The summed E-state index contributed by atoms with van der Waals surface area (Å²) >= 11 is 11.9. The number of halogens is 2. The molecule has 6 nitrogen and oxygen atoms in total. The monoisotopic (exact) mass is 447 g/mol. The minimum absolute atomic E-state index is 0.0821. The molecule has 2 bridgehead atoms. The number of rotatable bonds is 6. The van der Waals surface area contributed by atoms with E-state index >= 15 is 0 Å². The molecular formula is C22H23Cl2N3O3. The SMILES string of the molecule is O=C(COc1ccc(Cl)c(Cl)c1)NC12CCC(NC(=O)c3ccccn3)(CC1)CC2. The molecular weight excluding hydrogens is 425 g/mol. The van der Waals surface area contributed by atoms with E-state index in [1.165, 1.54) is 0 Å². The fourth-order valence-electron chi connectivity index (χ4n) is 4.41. The number of carbonyl (C=O) groups excluding carboxylic acids is 2. The zero-order valence-electron chi connectivity index (χ0n) is 16.4. The van der Waals surface area contributed by atoms with Gasteiger partial charge in [-0.3, -0.25) is 14.6 Å². The lowest BCUT2D eigenvalue weighted by Gasteiger charge is -2.53. The molecule has 1 heterocycles. The summed E-state index contributed by atoms with van der Waals surface area (Å²) in [6, 6.07) is 10.2. The molecule has 3 aliphatic rings. The average Bonchev–Trinajstić information content (AvgIpc) is 2.76. The van der Waals surface area contributed by atoms with Gasteiger partial charge in [0.15, 0.2) is 6.61 Å². The Morgan fingerprint density at radius 1 is 0.933 bits per heavy atom. The molecule has 0 spiro atoms. The summed E-state index contributed by atoms with van der Waals surface area (Å²) in [5, 5.41) is 7.20. The molecule has 3 aliphatic carbocycles. The molecule has 1 aromatic heterocycles. The maximum absolute atomic E-state index is 12.5. The van der Waals surface area contributed by atoms with Crippen LogP contribution < -0.4 is 15.4 Å². The van der Waals surface area contributed by atoms with Gasteiger partial charge in [-0.05, 0) is 62.8 Å². The van der Waals surface area contributed by atoms with Crippen LogP contribution in [-0.2, 0) is 4.79 Å².